The summed E-state index contributed by atoms with van der Waals surface area (Å²) in [4.78, 5) is 11.0. The monoisotopic (exact) mass is 274 g/mol. The van der Waals surface area contributed by atoms with Gasteiger partial charge in [0.25, 0.3) is 0 Å². The van der Waals surface area contributed by atoms with Crippen molar-refractivity contribution in [3.05, 3.63) is 12.7 Å². The van der Waals surface area contributed by atoms with Gasteiger partial charge in [-0.1, -0.05) is 20.4 Å². The molecule has 0 rings (SSSR count). The van der Waals surface area contributed by atoms with Crippen LogP contribution in [0.25, 0.3) is 0 Å². The zero-order chi connectivity index (χ0) is 13.8. The molecule has 0 spiro atoms. The molecule has 0 amide bonds. The quantitative estimate of drug-likeness (QED) is 0.330. The lowest BCUT2D eigenvalue weighted by atomic mass is 10.3. The largest absolute Gasteiger partial charge is 0.460 e. The highest BCUT2D eigenvalue weighted by Gasteiger charge is 2.16. The number of ether oxygens (including phenoxy) is 1. The molecular formula is C13H26O4Si. The van der Waals surface area contributed by atoms with E-state index in [4.69, 9.17) is 13.6 Å². The predicted molar refractivity (Wildman–Crippen MR) is 74.8 cm³/mol. The van der Waals surface area contributed by atoms with Crippen molar-refractivity contribution in [1.29, 1.82) is 0 Å². The van der Waals surface area contributed by atoms with Crippen LogP contribution in [0.2, 0.25) is 6.04 Å². The second-order valence-corrected chi connectivity index (χ2v) is 6.30. The van der Waals surface area contributed by atoms with Gasteiger partial charge in [-0.25, -0.2) is 4.79 Å². The summed E-state index contributed by atoms with van der Waals surface area (Å²) in [7, 11) is -1.60. The van der Waals surface area contributed by atoms with Crippen molar-refractivity contribution < 1.29 is 18.4 Å². The molecule has 106 valence electrons. The Morgan fingerprint density at radius 3 is 2.28 bits per heavy atom. The molecule has 0 aromatic heterocycles. The van der Waals surface area contributed by atoms with Gasteiger partial charge in [0.1, 0.15) is 0 Å². The normalized spacial score (nSPS) is 12.4. The Morgan fingerprint density at radius 1 is 1.28 bits per heavy atom. The van der Waals surface area contributed by atoms with Crippen LogP contribution in [0.15, 0.2) is 12.7 Å². The number of hydrogen-bond acceptors (Lipinski definition) is 4. The molecular weight excluding hydrogens is 248 g/mol. The first-order valence-electron chi connectivity index (χ1n) is 6.70. The third-order valence-electron chi connectivity index (χ3n) is 2.31. The number of rotatable bonds is 11. The van der Waals surface area contributed by atoms with Crippen LogP contribution in [0.5, 0.6) is 0 Å². The number of carbonyl (C=O) groups excluding carboxylic acids is 1. The predicted octanol–water partition coefficient (Wildman–Crippen LogP) is 2.57. The first-order valence-corrected chi connectivity index (χ1v) is 8.46. The summed E-state index contributed by atoms with van der Waals surface area (Å²) in [6.45, 7) is 10.9. The summed E-state index contributed by atoms with van der Waals surface area (Å²) in [6, 6.07) is 0.867. The van der Waals surface area contributed by atoms with E-state index < -0.39 is 9.28 Å². The van der Waals surface area contributed by atoms with Crippen LogP contribution in [0.1, 0.15) is 40.0 Å². The van der Waals surface area contributed by atoms with Gasteiger partial charge in [0.15, 0.2) is 0 Å². The maximum atomic E-state index is 11.0. The molecule has 1 unspecified atom stereocenters. The second kappa shape index (κ2) is 11.4. The van der Waals surface area contributed by atoms with Crippen molar-refractivity contribution in [1.82, 2.24) is 0 Å². The minimum absolute atomic E-state index is 0.110. The molecule has 0 aliphatic carbocycles. The van der Waals surface area contributed by atoms with Crippen molar-refractivity contribution in [2.24, 2.45) is 0 Å². The highest BCUT2D eigenvalue weighted by atomic mass is 28.3. The van der Waals surface area contributed by atoms with E-state index in [1.807, 2.05) is 6.92 Å². The van der Waals surface area contributed by atoms with E-state index in [2.05, 4.69) is 20.4 Å². The van der Waals surface area contributed by atoms with Crippen LogP contribution in [0.4, 0.5) is 0 Å². The zero-order valence-corrected chi connectivity index (χ0v) is 13.0. The molecule has 0 saturated heterocycles. The van der Waals surface area contributed by atoms with Crippen molar-refractivity contribution >= 4 is 15.3 Å². The van der Waals surface area contributed by atoms with E-state index >= 15 is 0 Å². The van der Waals surface area contributed by atoms with Crippen LogP contribution in [0.3, 0.4) is 0 Å². The van der Waals surface area contributed by atoms with Crippen molar-refractivity contribution in [3.63, 3.8) is 0 Å². The molecule has 0 fully saturated rings. The zero-order valence-electron chi connectivity index (χ0n) is 11.8. The Hall–Kier alpha value is -0.653. The number of esters is 1. The Morgan fingerprint density at radius 2 is 1.83 bits per heavy atom. The van der Waals surface area contributed by atoms with Crippen LogP contribution < -0.4 is 0 Å². The molecule has 0 saturated carbocycles. The van der Waals surface area contributed by atoms with Gasteiger partial charge >= 0.3 is 15.3 Å². The molecule has 4 nitrogen and oxygen atoms in total. The lowest BCUT2D eigenvalue weighted by molar-refractivity contribution is -0.142. The maximum absolute atomic E-state index is 11.0. The number of hydrogen-bond donors (Lipinski definition) is 0. The highest BCUT2D eigenvalue weighted by molar-refractivity contribution is 6.44. The third kappa shape index (κ3) is 9.38. The molecule has 0 aromatic rings. The molecule has 0 aliphatic heterocycles. The van der Waals surface area contributed by atoms with E-state index in [1.54, 1.807) is 0 Å². The van der Waals surface area contributed by atoms with Crippen LogP contribution in [-0.2, 0) is 18.4 Å². The van der Waals surface area contributed by atoms with E-state index in [0.717, 1.165) is 38.5 Å². The average molecular weight is 274 g/mol. The molecule has 5 heteroatoms. The summed E-state index contributed by atoms with van der Waals surface area (Å²) in [5.74, 6) is -0.371. The smallest absolute Gasteiger partial charge is 0.330 e. The Balaban J connectivity index is 3.91. The fourth-order valence-electron chi connectivity index (χ4n) is 1.39. The Bertz CT molecular complexity index is 225. The molecule has 0 aromatic carbocycles. The van der Waals surface area contributed by atoms with Gasteiger partial charge in [-0.15, -0.1) is 0 Å². The Labute approximate surface area is 112 Å². The standard InChI is InChI=1S/C13H26O4Si/c1-5-9-15-18(16-10-6-2)11-8-12(4)17-13(14)7-3/h7,12,18H,3,5-6,8-11H2,1-2,4H3. The molecule has 18 heavy (non-hydrogen) atoms. The summed E-state index contributed by atoms with van der Waals surface area (Å²) in [6.07, 6.45) is 3.86. The Kier molecular flexibility index (Phi) is 11.0. The van der Waals surface area contributed by atoms with E-state index in [1.165, 1.54) is 6.08 Å². The van der Waals surface area contributed by atoms with Crippen molar-refractivity contribution in [2.45, 2.75) is 52.2 Å². The maximum Gasteiger partial charge on any atom is 0.330 e. The summed E-state index contributed by atoms with van der Waals surface area (Å²) in [5, 5.41) is 0. The van der Waals surface area contributed by atoms with E-state index in [-0.39, 0.29) is 12.1 Å². The summed E-state index contributed by atoms with van der Waals surface area (Å²) < 4.78 is 16.6. The van der Waals surface area contributed by atoms with Crippen LogP contribution in [0, 0.1) is 0 Å². The van der Waals surface area contributed by atoms with Crippen LogP contribution in [-0.4, -0.2) is 34.6 Å². The molecule has 0 radical (unpaired) electrons. The first-order chi connectivity index (χ1) is 8.63. The number of carbonyl (C=O) groups is 1. The topological polar surface area (TPSA) is 44.8 Å². The second-order valence-electron chi connectivity index (χ2n) is 4.20. The fraction of sp³-hybridized carbons (Fsp3) is 0.769. The van der Waals surface area contributed by atoms with Gasteiger partial charge in [-0.05, 0) is 32.2 Å². The van der Waals surface area contributed by atoms with Gasteiger partial charge in [-0.3, -0.25) is 0 Å². The molecule has 0 bridgehead atoms. The van der Waals surface area contributed by atoms with Crippen molar-refractivity contribution in [3.8, 4) is 0 Å². The summed E-state index contributed by atoms with van der Waals surface area (Å²) >= 11 is 0. The minimum Gasteiger partial charge on any atom is -0.460 e. The minimum atomic E-state index is -1.60. The van der Waals surface area contributed by atoms with Gasteiger partial charge < -0.3 is 13.6 Å². The van der Waals surface area contributed by atoms with Gasteiger partial charge in [0.05, 0.1) is 6.10 Å². The van der Waals surface area contributed by atoms with E-state index in [0.29, 0.717) is 0 Å². The SMILES string of the molecule is C=CC(=O)OC(C)CC[SiH](OCCC)OCCC. The molecule has 0 aliphatic rings. The van der Waals surface area contributed by atoms with E-state index in [9.17, 15) is 4.79 Å². The lowest BCUT2D eigenvalue weighted by Crippen LogP contribution is -2.26. The highest BCUT2D eigenvalue weighted by Crippen LogP contribution is 2.09. The lowest BCUT2D eigenvalue weighted by Gasteiger charge is -2.18. The average Bonchev–Trinajstić information content (AvgIpc) is 2.37. The molecule has 0 N–H and O–H groups in total. The molecule has 1 atom stereocenters. The summed E-state index contributed by atoms with van der Waals surface area (Å²) in [5.41, 5.74) is 0. The third-order valence-corrected chi connectivity index (χ3v) is 4.33. The first kappa shape index (κ1) is 17.3. The fourth-order valence-corrected chi connectivity index (χ4v) is 3.56. The van der Waals surface area contributed by atoms with Gasteiger partial charge in [-0.2, -0.15) is 0 Å². The van der Waals surface area contributed by atoms with Crippen molar-refractivity contribution in [2.75, 3.05) is 13.2 Å². The molecule has 0 heterocycles. The van der Waals surface area contributed by atoms with Gasteiger partial charge in [0, 0.05) is 19.3 Å². The van der Waals surface area contributed by atoms with Gasteiger partial charge in [0.2, 0.25) is 0 Å². The van der Waals surface area contributed by atoms with Crippen LogP contribution >= 0.6 is 0 Å².